The maximum absolute atomic E-state index is 11.6. The third-order valence-corrected chi connectivity index (χ3v) is 4.06. The van der Waals surface area contributed by atoms with Crippen LogP contribution in [0.4, 0.5) is 5.69 Å². The van der Waals surface area contributed by atoms with Crippen LogP contribution in [0.1, 0.15) is 18.8 Å². The number of nitrogens with zero attached hydrogens (tertiary/aromatic N) is 5. The maximum Gasteiger partial charge on any atom is 0.419 e. The molecule has 8 nitrogen and oxygen atoms in total. The van der Waals surface area contributed by atoms with Gasteiger partial charge in [-0.15, -0.1) is 5.10 Å². The Hall–Kier alpha value is -3.42. The number of aryl methyl sites for hydroxylation is 1. The molecule has 2 aromatic carbocycles. The van der Waals surface area contributed by atoms with Crippen LogP contribution in [0.15, 0.2) is 57.7 Å². The van der Waals surface area contributed by atoms with Gasteiger partial charge in [-0.25, -0.2) is 4.79 Å². The second-order valence-corrected chi connectivity index (χ2v) is 5.76. The molecule has 0 aliphatic rings. The third-order valence-electron chi connectivity index (χ3n) is 4.06. The van der Waals surface area contributed by atoms with Crippen LogP contribution in [0.25, 0.3) is 16.8 Å². The molecular formula is C17H16N6O2. The number of benzene rings is 2. The van der Waals surface area contributed by atoms with Crippen molar-refractivity contribution in [3.05, 3.63) is 64.9 Å². The van der Waals surface area contributed by atoms with Gasteiger partial charge in [0.2, 0.25) is 0 Å². The summed E-state index contributed by atoms with van der Waals surface area (Å²) in [6.45, 7) is 1.97. The molecule has 1 N–H and O–H groups in total. The second kappa shape index (κ2) is 5.90. The van der Waals surface area contributed by atoms with Crippen molar-refractivity contribution in [1.82, 2.24) is 24.8 Å². The average molecular weight is 336 g/mol. The van der Waals surface area contributed by atoms with Crippen LogP contribution < -0.4 is 11.1 Å². The van der Waals surface area contributed by atoms with Crippen molar-refractivity contribution >= 4 is 16.8 Å². The van der Waals surface area contributed by atoms with Gasteiger partial charge in [-0.05, 0) is 41.6 Å². The van der Waals surface area contributed by atoms with Crippen LogP contribution >= 0.6 is 0 Å². The van der Waals surface area contributed by atoms with Gasteiger partial charge in [-0.2, -0.15) is 4.68 Å². The number of aromatic nitrogens is 5. The van der Waals surface area contributed by atoms with Crippen LogP contribution in [-0.2, 0) is 7.05 Å². The molecule has 4 rings (SSSR count). The zero-order valence-electron chi connectivity index (χ0n) is 13.7. The Kier molecular flexibility index (Phi) is 3.57. The SMILES string of the molecule is C[C@H](Nc1ccc2c(c1)oc(=O)n2C)c1nnnn1-c1ccccc1. The lowest BCUT2D eigenvalue weighted by Crippen LogP contribution is -2.13. The van der Waals surface area contributed by atoms with Crippen molar-refractivity contribution in [3.63, 3.8) is 0 Å². The highest BCUT2D eigenvalue weighted by atomic mass is 16.4. The number of hydrogen-bond acceptors (Lipinski definition) is 6. The zero-order valence-corrected chi connectivity index (χ0v) is 13.7. The van der Waals surface area contributed by atoms with Gasteiger partial charge >= 0.3 is 5.76 Å². The smallest absolute Gasteiger partial charge is 0.408 e. The first-order valence-corrected chi connectivity index (χ1v) is 7.83. The highest BCUT2D eigenvalue weighted by Gasteiger charge is 2.16. The van der Waals surface area contributed by atoms with Crippen LogP contribution in [0.3, 0.4) is 0 Å². The molecule has 0 saturated carbocycles. The quantitative estimate of drug-likeness (QED) is 0.615. The summed E-state index contributed by atoms with van der Waals surface area (Å²) in [5, 5.41) is 15.3. The van der Waals surface area contributed by atoms with Crippen LogP contribution in [0.2, 0.25) is 0 Å². The monoisotopic (exact) mass is 336 g/mol. The molecule has 8 heteroatoms. The zero-order chi connectivity index (χ0) is 17.4. The van der Waals surface area contributed by atoms with E-state index in [1.54, 1.807) is 17.8 Å². The molecule has 0 aliphatic carbocycles. The largest absolute Gasteiger partial charge is 0.419 e. The summed E-state index contributed by atoms with van der Waals surface area (Å²) in [5.41, 5.74) is 2.99. The Morgan fingerprint density at radius 1 is 1.16 bits per heavy atom. The Morgan fingerprint density at radius 2 is 1.96 bits per heavy atom. The molecule has 126 valence electrons. The molecule has 1 atom stereocenters. The highest BCUT2D eigenvalue weighted by molar-refractivity contribution is 5.77. The molecule has 2 aromatic heterocycles. The number of rotatable bonds is 4. The third kappa shape index (κ3) is 2.67. The number of nitrogens with one attached hydrogen (secondary N) is 1. The summed E-state index contributed by atoms with van der Waals surface area (Å²) >= 11 is 0. The molecule has 0 spiro atoms. The van der Waals surface area contributed by atoms with E-state index in [0.717, 1.165) is 16.9 Å². The number of para-hydroxylation sites is 1. The molecule has 4 aromatic rings. The fraction of sp³-hybridized carbons (Fsp3) is 0.176. The van der Waals surface area contributed by atoms with Gasteiger partial charge in [0.05, 0.1) is 17.2 Å². The van der Waals surface area contributed by atoms with E-state index in [4.69, 9.17) is 4.42 Å². The minimum atomic E-state index is -0.381. The van der Waals surface area contributed by atoms with E-state index < -0.39 is 0 Å². The predicted octanol–water partition coefficient (Wildman–Crippen LogP) is 2.28. The molecule has 0 aliphatic heterocycles. The minimum Gasteiger partial charge on any atom is -0.408 e. The van der Waals surface area contributed by atoms with Crippen LogP contribution in [0, 0.1) is 0 Å². The summed E-state index contributed by atoms with van der Waals surface area (Å²) < 4.78 is 8.39. The van der Waals surface area contributed by atoms with Gasteiger partial charge in [0, 0.05) is 18.8 Å². The van der Waals surface area contributed by atoms with Gasteiger partial charge in [-0.1, -0.05) is 18.2 Å². The van der Waals surface area contributed by atoms with E-state index in [1.807, 2.05) is 49.4 Å². The Balaban J connectivity index is 1.64. The van der Waals surface area contributed by atoms with E-state index in [1.165, 1.54) is 4.57 Å². The molecular weight excluding hydrogens is 320 g/mol. The average Bonchev–Trinajstić information content (AvgIpc) is 3.21. The lowest BCUT2D eigenvalue weighted by molar-refractivity contribution is 0.528. The molecule has 0 saturated heterocycles. The Labute approximate surface area is 142 Å². The van der Waals surface area contributed by atoms with Gasteiger partial charge in [0.15, 0.2) is 11.4 Å². The number of tetrazole rings is 1. The van der Waals surface area contributed by atoms with Crippen molar-refractivity contribution in [2.45, 2.75) is 13.0 Å². The molecule has 0 unspecified atom stereocenters. The van der Waals surface area contributed by atoms with E-state index in [-0.39, 0.29) is 11.8 Å². The summed E-state index contributed by atoms with van der Waals surface area (Å²) in [6.07, 6.45) is 0. The Morgan fingerprint density at radius 3 is 2.76 bits per heavy atom. The first-order valence-electron chi connectivity index (χ1n) is 7.83. The normalized spacial score (nSPS) is 12.4. The predicted molar refractivity (Wildman–Crippen MR) is 92.6 cm³/mol. The van der Waals surface area contributed by atoms with E-state index in [9.17, 15) is 4.79 Å². The first kappa shape index (κ1) is 15.1. The number of anilines is 1. The molecule has 0 bridgehead atoms. The number of fused-ring (bicyclic) bond motifs is 1. The fourth-order valence-corrected chi connectivity index (χ4v) is 2.76. The van der Waals surface area contributed by atoms with Gasteiger partial charge in [0.25, 0.3) is 0 Å². The topological polar surface area (TPSA) is 90.8 Å². The minimum absolute atomic E-state index is 0.150. The van der Waals surface area contributed by atoms with Crippen molar-refractivity contribution in [2.24, 2.45) is 7.05 Å². The van der Waals surface area contributed by atoms with E-state index in [0.29, 0.717) is 11.4 Å². The summed E-state index contributed by atoms with van der Waals surface area (Å²) in [4.78, 5) is 11.6. The standard InChI is InChI=1S/C17H16N6O2/c1-11(16-19-20-21-23(16)13-6-4-3-5-7-13)18-12-8-9-14-15(10-12)25-17(24)22(14)2/h3-11,18H,1-2H3/t11-/m0/s1. The van der Waals surface area contributed by atoms with Crippen LogP contribution in [-0.4, -0.2) is 24.8 Å². The molecule has 0 amide bonds. The molecule has 2 heterocycles. The van der Waals surface area contributed by atoms with E-state index >= 15 is 0 Å². The highest BCUT2D eigenvalue weighted by Crippen LogP contribution is 2.22. The summed E-state index contributed by atoms with van der Waals surface area (Å²) in [5.74, 6) is 0.300. The Bertz CT molecular complexity index is 1080. The molecule has 0 fully saturated rings. The van der Waals surface area contributed by atoms with Crippen molar-refractivity contribution in [1.29, 1.82) is 0 Å². The first-order chi connectivity index (χ1) is 12.1. The summed E-state index contributed by atoms with van der Waals surface area (Å²) in [7, 11) is 1.68. The van der Waals surface area contributed by atoms with Gasteiger partial charge in [0.1, 0.15) is 0 Å². The number of hydrogen-bond donors (Lipinski definition) is 1. The summed E-state index contributed by atoms with van der Waals surface area (Å²) in [6, 6.07) is 15.1. The van der Waals surface area contributed by atoms with Gasteiger partial charge in [-0.3, -0.25) is 4.57 Å². The number of oxazole rings is 1. The molecule has 25 heavy (non-hydrogen) atoms. The molecule has 0 radical (unpaired) electrons. The second-order valence-electron chi connectivity index (χ2n) is 5.76. The van der Waals surface area contributed by atoms with Crippen molar-refractivity contribution < 1.29 is 4.42 Å². The van der Waals surface area contributed by atoms with Gasteiger partial charge < -0.3 is 9.73 Å². The lowest BCUT2D eigenvalue weighted by atomic mass is 10.2. The fourth-order valence-electron chi connectivity index (χ4n) is 2.76. The lowest BCUT2D eigenvalue weighted by Gasteiger charge is -2.14. The maximum atomic E-state index is 11.6. The van der Waals surface area contributed by atoms with Crippen molar-refractivity contribution in [3.8, 4) is 5.69 Å². The van der Waals surface area contributed by atoms with E-state index in [2.05, 4.69) is 20.8 Å². The van der Waals surface area contributed by atoms with Crippen molar-refractivity contribution in [2.75, 3.05) is 5.32 Å². The van der Waals surface area contributed by atoms with Crippen LogP contribution in [0.5, 0.6) is 0 Å².